The average Bonchev–Trinajstić information content (AvgIpc) is 2.70. The van der Waals surface area contributed by atoms with Crippen molar-refractivity contribution in [3.05, 3.63) is 18.5 Å². The first-order chi connectivity index (χ1) is 6.42. The van der Waals surface area contributed by atoms with Gasteiger partial charge in [-0.25, -0.2) is 0 Å². The van der Waals surface area contributed by atoms with Gasteiger partial charge in [-0.3, -0.25) is 4.68 Å². The van der Waals surface area contributed by atoms with Crippen LogP contribution in [0.25, 0.3) is 0 Å². The quantitative estimate of drug-likeness (QED) is 0.747. The number of nitrogens with zero attached hydrogens (tertiary/aromatic N) is 2. The highest BCUT2D eigenvalue weighted by Crippen LogP contribution is 2.27. The molecule has 72 valence electrons. The highest BCUT2D eigenvalue weighted by Gasteiger charge is 2.24. The molecule has 3 nitrogen and oxygen atoms in total. The maximum Gasteiger partial charge on any atom is 0.0672 e. The normalized spacial score (nSPS) is 29.0. The zero-order valence-electron chi connectivity index (χ0n) is 8.11. The minimum absolute atomic E-state index is 0.564. The Morgan fingerprint density at radius 2 is 2.23 bits per heavy atom. The van der Waals surface area contributed by atoms with Gasteiger partial charge in [0.25, 0.3) is 0 Å². The van der Waals surface area contributed by atoms with E-state index in [4.69, 9.17) is 0 Å². The molecule has 1 aliphatic carbocycles. The van der Waals surface area contributed by atoms with Crippen molar-refractivity contribution in [2.75, 3.05) is 7.05 Å². The standard InChI is InChI=1S/C10H17N3/c1-11-9-5-2-3-6-10(9)13-8-4-7-12-13/h4,7-11H,2-3,5-6H2,1H3. The van der Waals surface area contributed by atoms with Crippen molar-refractivity contribution in [3.8, 4) is 0 Å². The van der Waals surface area contributed by atoms with Crippen LogP contribution in [0.5, 0.6) is 0 Å². The van der Waals surface area contributed by atoms with Gasteiger partial charge in [0.15, 0.2) is 0 Å². The molecule has 1 fully saturated rings. The second-order valence-electron chi connectivity index (χ2n) is 3.73. The highest BCUT2D eigenvalue weighted by molar-refractivity contribution is 4.88. The fraction of sp³-hybridized carbons (Fsp3) is 0.700. The monoisotopic (exact) mass is 179 g/mol. The van der Waals surface area contributed by atoms with Crippen LogP contribution in [0, 0.1) is 0 Å². The Kier molecular flexibility index (Phi) is 2.64. The molecule has 1 aromatic rings. The Morgan fingerprint density at radius 3 is 2.92 bits per heavy atom. The van der Waals surface area contributed by atoms with Crippen molar-refractivity contribution in [3.63, 3.8) is 0 Å². The van der Waals surface area contributed by atoms with Crippen molar-refractivity contribution in [1.82, 2.24) is 15.1 Å². The number of hydrogen-bond donors (Lipinski definition) is 1. The van der Waals surface area contributed by atoms with Gasteiger partial charge in [-0.15, -0.1) is 0 Å². The fourth-order valence-corrected chi connectivity index (χ4v) is 2.24. The molecule has 2 rings (SSSR count). The zero-order valence-corrected chi connectivity index (χ0v) is 8.11. The minimum atomic E-state index is 0.564. The Hall–Kier alpha value is -0.830. The van der Waals surface area contributed by atoms with E-state index in [1.54, 1.807) is 0 Å². The third-order valence-corrected chi connectivity index (χ3v) is 2.96. The minimum Gasteiger partial charge on any atom is -0.315 e. The number of likely N-dealkylation sites (N-methyl/N-ethyl adjacent to an activating group) is 1. The molecule has 0 radical (unpaired) electrons. The number of hydrogen-bond acceptors (Lipinski definition) is 2. The molecular weight excluding hydrogens is 162 g/mol. The molecule has 0 bridgehead atoms. The van der Waals surface area contributed by atoms with E-state index >= 15 is 0 Å². The lowest BCUT2D eigenvalue weighted by atomic mass is 9.90. The van der Waals surface area contributed by atoms with Gasteiger partial charge in [-0.05, 0) is 26.0 Å². The largest absolute Gasteiger partial charge is 0.315 e. The zero-order chi connectivity index (χ0) is 9.10. The van der Waals surface area contributed by atoms with Gasteiger partial charge < -0.3 is 5.32 Å². The van der Waals surface area contributed by atoms with Crippen LogP contribution in [0.4, 0.5) is 0 Å². The molecule has 0 spiro atoms. The second-order valence-corrected chi connectivity index (χ2v) is 3.73. The molecular formula is C10H17N3. The van der Waals surface area contributed by atoms with Crippen LogP contribution in [-0.2, 0) is 0 Å². The third kappa shape index (κ3) is 1.75. The summed E-state index contributed by atoms with van der Waals surface area (Å²) in [6.07, 6.45) is 9.15. The summed E-state index contributed by atoms with van der Waals surface area (Å²) in [5, 5.41) is 7.70. The van der Waals surface area contributed by atoms with E-state index in [9.17, 15) is 0 Å². The topological polar surface area (TPSA) is 29.9 Å². The van der Waals surface area contributed by atoms with E-state index in [1.807, 2.05) is 19.3 Å². The molecule has 1 aliphatic rings. The van der Waals surface area contributed by atoms with Crippen LogP contribution in [0.3, 0.4) is 0 Å². The SMILES string of the molecule is CNC1CCCCC1n1cccn1. The predicted molar refractivity (Wildman–Crippen MR) is 52.6 cm³/mol. The Morgan fingerprint density at radius 1 is 1.38 bits per heavy atom. The summed E-state index contributed by atoms with van der Waals surface area (Å²) in [5.74, 6) is 0. The van der Waals surface area contributed by atoms with E-state index in [2.05, 4.69) is 21.3 Å². The molecule has 2 atom stereocenters. The Labute approximate surface area is 79.1 Å². The third-order valence-electron chi connectivity index (χ3n) is 2.96. The summed E-state index contributed by atoms with van der Waals surface area (Å²) in [4.78, 5) is 0. The molecule has 3 heteroatoms. The number of aromatic nitrogens is 2. The van der Waals surface area contributed by atoms with Crippen LogP contribution in [0.15, 0.2) is 18.5 Å². The van der Waals surface area contributed by atoms with Crippen molar-refractivity contribution in [1.29, 1.82) is 0 Å². The lowest BCUT2D eigenvalue weighted by molar-refractivity contribution is 0.257. The Bertz CT molecular complexity index is 243. The van der Waals surface area contributed by atoms with E-state index in [0.717, 1.165) is 0 Å². The van der Waals surface area contributed by atoms with Crippen molar-refractivity contribution in [2.24, 2.45) is 0 Å². The molecule has 1 N–H and O–H groups in total. The molecule has 0 aliphatic heterocycles. The van der Waals surface area contributed by atoms with Gasteiger partial charge >= 0.3 is 0 Å². The van der Waals surface area contributed by atoms with Gasteiger partial charge in [0.2, 0.25) is 0 Å². The molecule has 1 saturated carbocycles. The number of rotatable bonds is 2. The molecule has 13 heavy (non-hydrogen) atoms. The van der Waals surface area contributed by atoms with Crippen molar-refractivity contribution < 1.29 is 0 Å². The van der Waals surface area contributed by atoms with Crippen LogP contribution in [0.1, 0.15) is 31.7 Å². The maximum absolute atomic E-state index is 4.31. The maximum atomic E-state index is 4.31. The summed E-state index contributed by atoms with van der Waals surface area (Å²) >= 11 is 0. The van der Waals surface area contributed by atoms with Gasteiger partial charge in [-0.1, -0.05) is 12.8 Å². The first-order valence-corrected chi connectivity index (χ1v) is 5.08. The van der Waals surface area contributed by atoms with Gasteiger partial charge in [0.05, 0.1) is 6.04 Å². The van der Waals surface area contributed by atoms with Crippen LogP contribution >= 0.6 is 0 Å². The first-order valence-electron chi connectivity index (χ1n) is 5.08. The van der Waals surface area contributed by atoms with E-state index in [1.165, 1.54) is 25.7 Å². The summed E-state index contributed by atoms with van der Waals surface area (Å²) in [6.45, 7) is 0. The summed E-state index contributed by atoms with van der Waals surface area (Å²) in [5.41, 5.74) is 0. The smallest absolute Gasteiger partial charge is 0.0672 e. The van der Waals surface area contributed by atoms with Gasteiger partial charge in [-0.2, -0.15) is 5.10 Å². The van der Waals surface area contributed by atoms with E-state index in [0.29, 0.717) is 12.1 Å². The lowest BCUT2D eigenvalue weighted by Crippen LogP contribution is -2.37. The molecule has 0 aromatic carbocycles. The summed E-state index contributed by atoms with van der Waals surface area (Å²) in [6, 6.07) is 3.17. The Balaban J connectivity index is 2.11. The van der Waals surface area contributed by atoms with Crippen LogP contribution in [0.2, 0.25) is 0 Å². The van der Waals surface area contributed by atoms with Crippen LogP contribution < -0.4 is 5.32 Å². The molecule has 1 aromatic heterocycles. The van der Waals surface area contributed by atoms with E-state index in [-0.39, 0.29) is 0 Å². The average molecular weight is 179 g/mol. The molecule has 0 saturated heterocycles. The molecule has 0 amide bonds. The van der Waals surface area contributed by atoms with Crippen molar-refractivity contribution >= 4 is 0 Å². The van der Waals surface area contributed by atoms with E-state index < -0.39 is 0 Å². The summed E-state index contributed by atoms with van der Waals surface area (Å²) < 4.78 is 2.10. The predicted octanol–water partition coefficient (Wildman–Crippen LogP) is 1.59. The second kappa shape index (κ2) is 3.92. The van der Waals surface area contributed by atoms with Gasteiger partial charge in [0, 0.05) is 18.4 Å². The summed E-state index contributed by atoms with van der Waals surface area (Å²) in [7, 11) is 2.05. The van der Waals surface area contributed by atoms with Crippen molar-refractivity contribution in [2.45, 2.75) is 37.8 Å². The molecule has 2 unspecified atom stereocenters. The first kappa shape index (κ1) is 8.75. The van der Waals surface area contributed by atoms with Crippen LogP contribution in [-0.4, -0.2) is 22.9 Å². The number of nitrogens with one attached hydrogen (secondary N) is 1. The highest BCUT2D eigenvalue weighted by atomic mass is 15.3. The molecule has 1 heterocycles. The fourth-order valence-electron chi connectivity index (χ4n) is 2.24. The lowest BCUT2D eigenvalue weighted by Gasteiger charge is -2.31. The van der Waals surface area contributed by atoms with Gasteiger partial charge in [0.1, 0.15) is 0 Å².